The van der Waals surface area contributed by atoms with Gasteiger partial charge in [-0.15, -0.1) is 0 Å². The molecular weight excluding hydrogens is 296 g/mol. The summed E-state index contributed by atoms with van der Waals surface area (Å²) in [5, 5.41) is 0. The SMILES string of the molecule is C(=Nc1ccc(N=C=NC2CCCCC2)cc1)=NC1CCCCC1. The van der Waals surface area contributed by atoms with Crippen LogP contribution in [0.3, 0.4) is 0 Å². The molecule has 4 nitrogen and oxygen atoms in total. The fourth-order valence-corrected chi connectivity index (χ4v) is 3.36. The Hall–Kier alpha value is -2.02. The zero-order valence-electron chi connectivity index (χ0n) is 14.3. The van der Waals surface area contributed by atoms with Gasteiger partial charge in [0, 0.05) is 0 Å². The summed E-state index contributed by atoms with van der Waals surface area (Å²) in [6.45, 7) is 0. The molecule has 0 bridgehead atoms. The highest BCUT2D eigenvalue weighted by Crippen LogP contribution is 2.21. The average Bonchev–Trinajstić information content (AvgIpc) is 2.65. The van der Waals surface area contributed by atoms with E-state index in [0.717, 1.165) is 11.4 Å². The van der Waals surface area contributed by atoms with Gasteiger partial charge < -0.3 is 0 Å². The zero-order chi connectivity index (χ0) is 16.5. The first kappa shape index (κ1) is 16.8. The molecule has 0 N–H and O–H groups in total. The molecule has 1 aromatic carbocycles. The molecule has 0 atom stereocenters. The van der Waals surface area contributed by atoms with Gasteiger partial charge in [-0.3, -0.25) is 0 Å². The van der Waals surface area contributed by atoms with Gasteiger partial charge in [-0.1, -0.05) is 38.5 Å². The van der Waals surface area contributed by atoms with E-state index in [1.165, 1.54) is 64.2 Å². The molecular formula is C20H26N4. The van der Waals surface area contributed by atoms with Crippen molar-refractivity contribution in [3.63, 3.8) is 0 Å². The van der Waals surface area contributed by atoms with Crippen LogP contribution in [0.2, 0.25) is 0 Å². The molecule has 0 amide bonds. The monoisotopic (exact) mass is 322 g/mol. The lowest BCUT2D eigenvalue weighted by molar-refractivity contribution is 0.444. The van der Waals surface area contributed by atoms with Gasteiger partial charge in [-0.05, 0) is 49.9 Å². The maximum Gasteiger partial charge on any atom is 0.0951 e. The third-order valence-corrected chi connectivity index (χ3v) is 4.84. The Morgan fingerprint density at radius 1 is 0.583 bits per heavy atom. The molecule has 2 fully saturated rings. The van der Waals surface area contributed by atoms with E-state index in [9.17, 15) is 0 Å². The fourth-order valence-electron chi connectivity index (χ4n) is 3.36. The molecule has 2 aliphatic carbocycles. The van der Waals surface area contributed by atoms with Gasteiger partial charge >= 0.3 is 0 Å². The van der Waals surface area contributed by atoms with Gasteiger partial charge in [0.1, 0.15) is 0 Å². The lowest BCUT2D eigenvalue weighted by atomic mass is 9.96. The van der Waals surface area contributed by atoms with Gasteiger partial charge in [-0.25, -0.2) is 9.98 Å². The van der Waals surface area contributed by atoms with Crippen molar-refractivity contribution in [2.24, 2.45) is 20.0 Å². The Labute approximate surface area is 144 Å². The number of rotatable bonds is 4. The summed E-state index contributed by atoms with van der Waals surface area (Å²) in [7, 11) is 0. The van der Waals surface area contributed by atoms with E-state index < -0.39 is 0 Å². The summed E-state index contributed by atoms with van der Waals surface area (Å²) >= 11 is 0. The Kier molecular flexibility index (Phi) is 6.53. The summed E-state index contributed by atoms with van der Waals surface area (Å²) in [6.07, 6.45) is 12.5. The van der Waals surface area contributed by atoms with Gasteiger partial charge in [0.2, 0.25) is 0 Å². The van der Waals surface area contributed by atoms with Crippen LogP contribution in [0, 0.1) is 0 Å². The van der Waals surface area contributed by atoms with Gasteiger partial charge in [0.25, 0.3) is 0 Å². The van der Waals surface area contributed by atoms with Crippen molar-refractivity contribution in [1.29, 1.82) is 0 Å². The largest absolute Gasteiger partial charge is 0.222 e. The number of aliphatic imine (C=N–C) groups is 4. The van der Waals surface area contributed by atoms with E-state index in [2.05, 4.69) is 32.0 Å². The van der Waals surface area contributed by atoms with Crippen molar-refractivity contribution >= 4 is 23.4 Å². The van der Waals surface area contributed by atoms with Crippen LogP contribution in [-0.2, 0) is 0 Å². The van der Waals surface area contributed by atoms with Crippen LogP contribution in [0.15, 0.2) is 44.2 Å². The average molecular weight is 322 g/mol. The predicted molar refractivity (Wildman–Crippen MR) is 99.2 cm³/mol. The van der Waals surface area contributed by atoms with Crippen molar-refractivity contribution in [2.75, 3.05) is 0 Å². The lowest BCUT2D eigenvalue weighted by Gasteiger charge is -2.15. The lowest BCUT2D eigenvalue weighted by Crippen LogP contribution is -2.08. The highest BCUT2D eigenvalue weighted by Gasteiger charge is 2.11. The number of nitrogens with zero attached hydrogens (tertiary/aromatic N) is 4. The third kappa shape index (κ3) is 5.56. The second-order valence-electron chi connectivity index (χ2n) is 6.78. The quantitative estimate of drug-likeness (QED) is 0.614. The molecule has 0 radical (unpaired) electrons. The Bertz CT molecular complexity index is 565. The van der Waals surface area contributed by atoms with Crippen LogP contribution in [0.1, 0.15) is 64.2 Å². The minimum Gasteiger partial charge on any atom is -0.222 e. The van der Waals surface area contributed by atoms with E-state index in [-0.39, 0.29) is 0 Å². The predicted octanol–water partition coefficient (Wildman–Crippen LogP) is 5.96. The fraction of sp³-hybridized carbons (Fsp3) is 0.600. The minimum absolute atomic E-state index is 0.419. The number of benzene rings is 1. The Morgan fingerprint density at radius 2 is 0.958 bits per heavy atom. The Balaban J connectivity index is 1.54. The molecule has 0 saturated heterocycles. The van der Waals surface area contributed by atoms with Crippen molar-refractivity contribution < 1.29 is 0 Å². The molecule has 0 unspecified atom stereocenters. The van der Waals surface area contributed by atoms with Crippen LogP contribution < -0.4 is 0 Å². The molecule has 24 heavy (non-hydrogen) atoms. The zero-order valence-corrected chi connectivity index (χ0v) is 14.3. The van der Waals surface area contributed by atoms with Crippen molar-refractivity contribution in [2.45, 2.75) is 76.3 Å². The molecule has 126 valence electrons. The third-order valence-electron chi connectivity index (χ3n) is 4.84. The van der Waals surface area contributed by atoms with Gasteiger partial charge in [0.15, 0.2) is 0 Å². The summed E-state index contributed by atoms with van der Waals surface area (Å²) in [5.41, 5.74) is 1.72. The summed E-state index contributed by atoms with van der Waals surface area (Å²) in [4.78, 5) is 17.5. The molecule has 0 heterocycles. The summed E-state index contributed by atoms with van der Waals surface area (Å²) < 4.78 is 0. The maximum absolute atomic E-state index is 4.43. The standard InChI is InChI=1S/C20H26N4/c1-3-7-17(8-4-1)21-15-23-19-11-13-20(14-12-19)24-16-22-18-9-5-2-6-10-18/h11-14,17-18H,1-10H2. The Morgan fingerprint density at radius 3 is 1.33 bits per heavy atom. The van der Waals surface area contributed by atoms with Gasteiger partial charge in [-0.2, -0.15) is 9.98 Å². The highest BCUT2D eigenvalue weighted by atomic mass is 14.9. The molecule has 0 aliphatic heterocycles. The van der Waals surface area contributed by atoms with E-state index in [4.69, 9.17) is 0 Å². The van der Waals surface area contributed by atoms with Crippen molar-refractivity contribution in [3.8, 4) is 0 Å². The maximum atomic E-state index is 4.43. The second kappa shape index (κ2) is 9.32. The second-order valence-corrected chi connectivity index (χ2v) is 6.78. The first-order valence-electron chi connectivity index (χ1n) is 9.31. The number of hydrogen-bond donors (Lipinski definition) is 0. The van der Waals surface area contributed by atoms with E-state index in [1.807, 2.05) is 24.3 Å². The highest BCUT2D eigenvalue weighted by molar-refractivity contribution is 5.58. The van der Waals surface area contributed by atoms with E-state index in [1.54, 1.807) is 0 Å². The van der Waals surface area contributed by atoms with Crippen molar-refractivity contribution in [1.82, 2.24) is 0 Å². The van der Waals surface area contributed by atoms with E-state index in [0.29, 0.717) is 12.1 Å². The van der Waals surface area contributed by atoms with Crippen LogP contribution in [0.25, 0.3) is 0 Å². The first-order valence-corrected chi connectivity index (χ1v) is 9.31. The van der Waals surface area contributed by atoms with Crippen molar-refractivity contribution in [3.05, 3.63) is 24.3 Å². The molecule has 0 aromatic heterocycles. The van der Waals surface area contributed by atoms with Crippen LogP contribution in [0.4, 0.5) is 11.4 Å². The molecule has 2 saturated carbocycles. The first-order chi connectivity index (χ1) is 11.9. The smallest absolute Gasteiger partial charge is 0.0951 e. The molecule has 2 aliphatic rings. The molecule has 0 spiro atoms. The van der Waals surface area contributed by atoms with Crippen LogP contribution in [0.5, 0.6) is 0 Å². The molecule has 3 rings (SSSR count). The summed E-state index contributed by atoms with van der Waals surface area (Å²) in [5.74, 6) is 0. The van der Waals surface area contributed by atoms with Crippen LogP contribution >= 0.6 is 0 Å². The molecule has 4 heteroatoms. The molecule has 1 aromatic rings. The van der Waals surface area contributed by atoms with Gasteiger partial charge in [0.05, 0.1) is 35.5 Å². The van der Waals surface area contributed by atoms with E-state index >= 15 is 0 Å². The normalized spacial score (nSPS) is 19.0. The van der Waals surface area contributed by atoms with Crippen LogP contribution in [-0.4, -0.2) is 24.1 Å². The number of hydrogen-bond acceptors (Lipinski definition) is 4. The topological polar surface area (TPSA) is 49.4 Å². The minimum atomic E-state index is 0.419. The summed E-state index contributed by atoms with van der Waals surface area (Å²) in [6, 6.07) is 14.3.